The highest BCUT2D eigenvalue weighted by atomic mass is 16.1. The van der Waals surface area contributed by atoms with Crippen molar-refractivity contribution >= 4 is 6.29 Å². The second-order valence-electron chi connectivity index (χ2n) is 1.66. The zero-order valence-electron chi connectivity index (χ0n) is 3.55. The Labute approximate surface area is 37.4 Å². The van der Waals surface area contributed by atoms with Crippen LogP contribution in [0.25, 0.3) is 0 Å². The van der Waals surface area contributed by atoms with Crippen LogP contribution in [0.15, 0.2) is 0 Å². The molecular formula is C5H7O. The lowest BCUT2D eigenvalue weighted by Gasteiger charge is -2.16. The summed E-state index contributed by atoms with van der Waals surface area (Å²) in [5.74, 6) is 0.380. The number of carbonyl (C=O) groups is 1. The summed E-state index contributed by atoms with van der Waals surface area (Å²) in [6.07, 6.45) is 5.19. The summed E-state index contributed by atoms with van der Waals surface area (Å²) in [6, 6.07) is 0. The van der Waals surface area contributed by atoms with E-state index in [1.807, 2.05) is 0 Å². The molecule has 1 rings (SSSR count). The number of hydrogen-bond acceptors (Lipinski definition) is 1. The fourth-order valence-corrected chi connectivity index (χ4v) is 0.470. The van der Waals surface area contributed by atoms with Gasteiger partial charge >= 0.3 is 0 Å². The first-order valence-electron chi connectivity index (χ1n) is 2.20. The van der Waals surface area contributed by atoms with Crippen molar-refractivity contribution in [2.75, 3.05) is 0 Å². The maximum absolute atomic E-state index is 9.77. The van der Waals surface area contributed by atoms with Crippen molar-refractivity contribution in [3.05, 3.63) is 6.42 Å². The Balaban J connectivity index is 2.16. The van der Waals surface area contributed by atoms with E-state index >= 15 is 0 Å². The molecule has 1 aliphatic rings. The summed E-state index contributed by atoms with van der Waals surface area (Å²) in [6.45, 7) is 0. The van der Waals surface area contributed by atoms with E-state index in [0.29, 0.717) is 5.92 Å². The zero-order valence-corrected chi connectivity index (χ0v) is 3.55. The molecule has 0 saturated heterocycles. The second kappa shape index (κ2) is 1.41. The average molecular weight is 83.1 g/mol. The van der Waals surface area contributed by atoms with Crippen molar-refractivity contribution in [3.8, 4) is 0 Å². The first-order valence-corrected chi connectivity index (χ1v) is 2.20. The summed E-state index contributed by atoms with van der Waals surface area (Å²) in [5.41, 5.74) is 0. The fraction of sp³-hybridized carbons (Fsp3) is 0.600. The van der Waals surface area contributed by atoms with Gasteiger partial charge in [0.25, 0.3) is 0 Å². The largest absolute Gasteiger partial charge is 0.303 e. The van der Waals surface area contributed by atoms with Crippen molar-refractivity contribution in [1.29, 1.82) is 0 Å². The SMILES string of the molecule is O=CC1C[CH]C1. The van der Waals surface area contributed by atoms with Crippen LogP contribution in [0.5, 0.6) is 0 Å². The Bertz CT molecular complexity index is 55.0. The molecule has 1 aliphatic carbocycles. The van der Waals surface area contributed by atoms with E-state index in [1.165, 1.54) is 0 Å². The molecule has 0 spiro atoms. The number of rotatable bonds is 1. The average Bonchev–Trinajstić information content (AvgIpc) is 1.31. The Morgan fingerprint density at radius 1 is 1.67 bits per heavy atom. The Morgan fingerprint density at radius 3 is 2.33 bits per heavy atom. The standard InChI is InChI=1S/C5H7O/c6-4-5-2-1-3-5/h1,4-5H,2-3H2. The lowest BCUT2D eigenvalue weighted by Crippen LogP contribution is -2.11. The molecule has 0 aromatic heterocycles. The van der Waals surface area contributed by atoms with Gasteiger partial charge in [-0.1, -0.05) is 0 Å². The van der Waals surface area contributed by atoms with Gasteiger partial charge in [-0.3, -0.25) is 0 Å². The van der Waals surface area contributed by atoms with Crippen LogP contribution in [0.4, 0.5) is 0 Å². The van der Waals surface area contributed by atoms with Crippen LogP contribution in [0.2, 0.25) is 0 Å². The van der Waals surface area contributed by atoms with Gasteiger partial charge in [-0.05, 0) is 19.3 Å². The molecule has 0 N–H and O–H groups in total. The predicted octanol–water partition coefficient (Wildman–Crippen LogP) is 0.800. The Morgan fingerprint density at radius 2 is 2.33 bits per heavy atom. The molecule has 0 heterocycles. The summed E-state index contributed by atoms with van der Waals surface area (Å²) in [4.78, 5) is 9.77. The molecule has 1 saturated carbocycles. The quantitative estimate of drug-likeness (QED) is 0.428. The van der Waals surface area contributed by atoms with Gasteiger partial charge < -0.3 is 4.79 Å². The number of carbonyl (C=O) groups excluding carboxylic acids is 1. The van der Waals surface area contributed by atoms with Crippen molar-refractivity contribution in [1.82, 2.24) is 0 Å². The van der Waals surface area contributed by atoms with Gasteiger partial charge in [0.2, 0.25) is 0 Å². The van der Waals surface area contributed by atoms with Crippen LogP contribution >= 0.6 is 0 Å². The highest BCUT2D eigenvalue weighted by Gasteiger charge is 2.15. The van der Waals surface area contributed by atoms with E-state index in [9.17, 15) is 4.79 Å². The minimum atomic E-state index is 0.380. The molecule has 6 heavy (non-hydrogen) atoms. The maximum atomic E-state index is 9.77. The fourth-order valence-electron chi connectivity index (χ4n) is 0.470. The smallest absolute Gasteiger partial charge is 0.123 e. The van der Waals surface area contributed by atoms with Crippen molar-refractivity contribution in [2.24, 2.45) is 5.92 Å². The highest BCUT2D eigenvalue weighted by Crippen LogP contribution is 2.21. The number of aldehydes is 1. The van der Waals surface area contributed by atoms with Crippen molar-refractivity contribution in [2.45, 2.75) is 12.8 Å². The summed E-state index contributed by atoms with van der Waals surface area (Å²) in [5, 5.41) is 0. The topological polar surface area (TPSA) is 17.1 Å². The second-order valence-corrected chi connectivity index (χ2v) is 1.66. The third kappa shape index (κ3) is 0.445. The van der Waals surface area contributed by atoms with Gasteiger partial charge in [0.15, 0.2) is 0 Å². The molecular weight excluding hydrogens is 76.1 g/mol. The molecule has 1 fully saturated rings. The monoisotopic (exact) mass is 83.0 g/mol. The van der Waals surface area contributed by atoms with Crippen molar-refractivity contribution < 1.29 is 4.79 Å². The van der Waals surface area contributed by atoms with Crippen LogP contribution in [0.1, 0.15) is 12.8 Å². The van der Waals surface area contributed by atoms with Gasteiger partial charge in [0.1, 0.15) is 6.29 Å². The van der Waals surface area contributed by atoms with E-state index in [-0.39, 0.29) is 0 Å². The van der Waals surface area contributed by atoms with Gasteiger partial charge in [-0.2, -0.15) is 0 Å². The van der Waals surface area contributed by atoms with Crippen LogP contribution in [-0.2, 0) is 4.79 Å². The summed E-state index contributed by atoms with van der Waals surface area (Å²) >= 11 is 0. The lowest BCUT2D eigenvalue weighted by atomic mass is 9.87. The molecule has 0 aromatic rings. The Hall–Kier alpha value is -0.330. The lowest BCUT2D eigenvalue weighted by molar-refractivity contribution is -0.112. The summed E-state index contributed by atoms with van der Waals surface area (Å²) in [7, 11) is 0. The molecule has 1 radical (unpaired) electrons. The molecule has 0 aliphatic heterocycles. The predicted molar refractivity (Wildman–Crippen MR) is 23.1 cm³/mol. The van der Waals surface area contributed by atoms with Crippen LogP contribution in [-0.4, -0.2) is 6.29 Å². The molecule has 0 amide bonds. The van der Waals surface area contributed by atoms with Gasteiger partial charge in [0, 0.05) is 5.92 Å². The van der Waals surface area contributed by atoms with Gasteiger partial charge in [-0.15, -0.1) is 0 Å². The molecule has 0 aromatic carbocycles. The van der Waals surface area contributed by atoms with E-state index in [0.717, 1.165) is 19.1 Å². The third-order valence-electron chi connectivity index (χ3n) is 1.13. The van der Waals surface area contributed by atoms with Gasteiger partial charge in [-0.25, -0.2) is 0 Å². The first-order chi connectivity index (χ1) is 2.93. The van der Waals surface area contributed by atoms with Crippen LogP contribution < -0.4 is 0 Å². The number of hydrogen-bond donors (Lipinski definition) is 0. The Kier molecular flexibility index (Phi) is 0.906. The molecule has 0 bridgehead atoms. The molecule has 1 heteroatoms. The highest BCUT2D eigenvalue weighted by molar-refractivity contribution is 5.55. The third-order valence-corrected chi connectivity index (χ3v) is 1.13. The maximum Gasteiger partial charge on any atom is 0.123 e. The van der Waals surface area contributed by atoms with Crippen LogP contribution in [0.3, 0.4) is 0 Å². The van der Waals surface area contributed by atoms with Crippen molar-refractivity contribution in [3.63, 3.8) is 0 Å². The van der Waals surface area contributed by atoms with Gasteiger partial charge in [0.05, 0.1) is 0 Å². The minimum Gasteiger partial charge on any atom is -0.303 e. The van der Waals surface area contributed by atoms with E-state index in [1.54, 1.807) is 0 Å². The molecule has 1 nitrogen and oxygen atoms in total. The first kappa shape index (κ1) is 3.85. The van der Waals surface area contributed by atoms with E-state index in [4.69, 9.17) is 0 Å². The van der Waals surface area contributed by atoms with E-state index < -0.39 is 0 Å². The zero-order chi connectivity index (χ0) is 4.41. The minimum absolute atomic E-state index is 0.380. The summed E-state index contributed by atoms with van der Waals surface area (Å²) < 4.78 is 0. The molecule has 33 valence electrons. The molecule has 0 unspecified atom stereocenters. The van der Waals surface area contributed by atoms with Crippen LogP contribution in [0, 0.1) is 12.3 Å². The molecule has 0 atom stereocenters. The normalized spacial score (nSPS) is 22.7. The van der Waals surface area contributed by atoms with E-state index in [2.05, 4.69) is 6.42 Å².